The maximum Gasteiger partial charge on any atom is 0.252 e. The van der Waals surface area contributed by atoms with Crippen LogP contribution in [0.25, 0.3) is 0 Å². The summed E-state index contributed by atoms with van der Waals surface area (Å²) in [4.78, 5) is 0.882. The van der Waals surface area contributed by atoms with Gasteiger partial charge in [0.15, 0.2) is 0 Å². The number of thiophene rings is 1. The maximum absolute atomic E-state index is 12.2. The minimum Gasteiger partial charge on any atom is -0.326 e. The minimum atomic E-state index is -3.37. The van der Waals surface area contributed by atoms with Gasteiger partial charge in [-0.3, -0.25) is 0 Å². The molecule has 1 aromatic heterocycles. The minimum absolute atomic E-state index is 0.0597. The molecule has 0 aliphatic heterocycles. The predicted molar refractivity (Wildman–Crippen MR) is 71.5 cm³/mol. The number of sulfonamides is 1. The lowest BCUT2D eigenvalue weighted by Crippen LogP contribution is -2.34. The van der Waals surface area contributed by atoms with E-state index >= 15 is 0 Å². The Kier molecular flexibility index (Phi) is 4.35. The van der Waals surface area contributed by atoms with E-state index in [1.807, 2.05) is 20.8 Å². The van der Waals surface area contributed by atoms with Crippen LogP contribution in [0, 0.1) is 5.41 Å². The van der Waals surface area contributed by atoms with Gasteiger partial charge >= 0.3 is 0 Å². The fourth-order valence-corrected chi connectivity index (χ4v) is 4.36. The summed E-state index contributed by atoms with van der Waals surface area (Å²) in [6.07, 6.45) is 0. The van der Waals surface area contributed by atoms with Crippen LogP contribution in [0.4, 0.5) is 0 Å². The molecule has 0 unspecified atom stereocenters. The molecule has 0 bridgehead atoms. The van der Waals surface area contributed by atoms with Crippen LogP contribution in [0.3, 0.4) is 0 Å². The lowest BCUT2D eigenvalue weighted by atomic mass is 9.97. The van der Waals surface area contributed by atoms with Crippen molar-refractivity contribution in [2.45, 2.75) is 31.5 Å². The third-order valence-electron chi connectivity index (χ3n) is 2.20. The van der Waals surface area contributed by atoms with E-state index < -0.39 is 10.0 Å². The van der Waals surface area contributed by atoms with Crippen LogP contribution in [0.1, 0.15) is 25.6 Å². The highest BCUT2D eigenvalue weighted by Gasteiger charge is 2.26. The summed E-state index contributed by atoms with van der Waals surface area (Å²) in [6, 6.07) is 3.39. The van der Waals surface area contributed by atoms with E-state index in [1.165, 1.54) is 15.6 Å². The average molecular weight is 276 g/mol. The highest BCUT2D eigenvalue weighted by molar-refractivity contribution is 7.91. The fourth-order valence-electron chi connectivity index (χ4n) is 1.51. The van der Waals surface area contributed by atoms with Crippen molar-refractivity contribution < 1.29 is 8.42 Å². The van der Waals surface area contributed by atoms with Crippen LogP contribution in [-0.4, -0.2) is 26.3 Å². The Balaban J connectivity index is 2.95. The molecule has 0 saturated carbocycles. The predicted octanol–water partition coefficient (Wildman–Crippen LogP) is 1.87. The molecule has 0 fully saturated rings. The second-order valence-electron chi connectivity index (χ2n) is 5.25. The molecule has 1 rings (SSSR count). The zero-order chi connectivity index (χ0) is 13.3. The molecule has 98 valence electrons. The zero-order valence-electron chi connectivity index (χ0n) is 10.7. The molecule has 0 atom stereocenters. The molecule has 1 heterocycles. The normalized spacial score (nSPS) is 13.3. The Morgan fingerprint density at radius 1 is 1.35 bits per heavy atom. The first kappa shape index (κ1) is 14.6. The summed E-state index contributed by atoms with van der Waals surface area (Å²) in [7, 11) is -1.75. The topological polar surface area (TPSA) is 63.4 Å². The summed E-state index contributed by atoms with van der Waals surface area (Å²) in [5, 5.41) is 0. The van der Waals surface area contributed by atoms with Crippen LogP contribution < -0.4 is 5.73 Å². The monoisotopic (exact) mass is 276 g/mol. The van der Waals surface area contributed by atoms with Gasteiger partial charge in [0.1, 0.15) is 4.21 Å². The van der Waals surface area contributed by atoms with Gasteiger partial charge in [0.25, 0.3) is 10.0 Å². The van der Waals surface area contributed by atoms with Crippen LogP contribution in [-0.2, 0) is 16.6 Å². The SMILES string of the molecule is CN(CC(C)(C)C)S(=O)(=O)c1ccc(CN)s1. The fraction of sp³-hybridized carbons (Fsp3) is 0.636. The Hall–Kier alpha value is -0.430. The van der Waals surface area contributed by atoms with Crippen molar-refractivity contribution in [3.8, 4) is 0 Å². The second kappa shape index (κ2) is 5.06. The zero-order valence-corrected chi connectivity index (χ0v) is 12.4. The summed E-state index contributed by atoms with van der Waals surface area (Å²) in [6.45, 7) is 6.91. The number of hydrogen-bond donors (Lipinski definition) is 1. The van der Waals surface area contributed by atoms with Gasteiger partial charge in [0.05, 0.1) is 0 Å². The van der Waals surface area contributed by atoms with E-state index in [1.54, 1.807) is 19.2 Å². The van der Waals surface area contributed by atoms with Crippen molar-refractivity contribution in [3.05, 3.63) is 17.0 Å². The molecule has 0 aliphatic rings. The van der Waals surface area contributed by atoms with Gasteiger partial charge in [0, 0.05) is 25.0 Å². The molecule has 2 N–H and O–H groups in total. The van der Waals surface area contributed by atoms with E-state index in [0.29, 0.717) is 17.3 Å². The Morgan fingerprint density at radius 2 is 1.94 bits per heavy atom. The lowest BCUT2D eigenvalue weighted by Gasteiger charge is -2.25. The number of nitrogens with zero attached hydrogens (tertiary/aromatic N) is 1. The third-order valence-corrected chi connectivity index (χ3v) is 5.58. The van der Waals surface area contributed by atoms with Crippen molar-refractivity contribution in [3.63, 3.8) is 0 Å². The van der Waals surface area contributed by atoms with Crippen molar-refractivity contribution in [1.82, 2.24) is 4.31 Å². The molecule has 0 amide bonds. The molecule has 6 heteroatoms. The highest BCUT2D eigenvalue weighted by Crippen LogP contribution is 2.26. The largest absolute Gasteiger partial charge is 0.326 e. The Labute approximate surface area is 107 Å². The van der Waals surface area contributed by atoms with E-state index in [-0.39, 0.29) is 5.41 Å². The summed E-state index contributed by atoms with van der Waals surface area (Å²) >= 11 is 1.24. The molecule has 0 aliphatic carbocycles. The second-order valence-corrected chi connectivity index (χ2v) is 8.69. The molecule has 0 radical (unpaired) electrons. The van der Waals surface area contributed by atoms with E-state index in [0.717, 1.165) is 4.88 Å². The van der Waals surface area contributed by atoms with Crippen molar-refractivity contribution in [2.75, 3.05) is 13.6 Å². The van der Waals surface area contributed by atoms with E-state index in [4.69, 9.17) is 5.73 Å². The molecule has 0 saturated heterocycles. The lowest BCUT2D eigenvalue weighted by molar-refractivity contribution is 0.311. The van der Waals surface area contributed by atoms with Gasteiger partial charge in [-0.1, -0.05) is 20.8 Å². The van der Waals surface area contributed by atoms with Crippen LogP contribution in [0.5, 0.6) is 0 Å². The maximum atomic E-state index is 12.2. The Bertz CT molecular complexity index is 472. The van der Waals surface area contributed by atoms with Gasteiger partial charge in [-0.25, -0.2) is 8.42 Å². The van der Waals surface area contributed by atoms with Gasteiger partial charge in [0.2, 0.25) is 0 Å². The summed E-state index contributed by atoms with van der Waals surface area (Å²) in [5.41, 5.74) is 5.43. The molecule has 1 aromatic rings. The Morgan fingerprint density at radius 3 is 2.35 bits per heavy atom. The van der Waals surface area contributed by atoms with Crippen LogP contribution in [0.15, 0.2) is 16.3 Å². The average Bonchev–Trinajstić information content (AvgIpc) is 2.63. The smallest absolute Gasteiger partial charge is 0.252 e. The van der Waals surface area contributed by atoms with Crippen molar-refractivity contribution in [2.24, 2.45) is 11.1 Å². The molecular weight excluding hydrogens is 256 g/mol. The van der Waals surface area contributed by atoms with Crippen molar-refractivity contribution in [1.29, 1.82) is 0 Å². The molecular formula is C11H20N2O2S2. The van der Waals surface area contributed by atoms with Gasteiger partial charge in [-0.05, 0) is 17.5 Å². The first-order valence-electron chi connectivity index (χ1n) is 5.42. The number of rotatable bonds is 4. The number of hydrogen-bond acceptors (Lipinski definition) is 4. The van der Waals surface area contributed by atoms with Crippen LogP contribution in [0.2, 0.25) is 0 Å². The quantitative estimate of drug-likeness (QED) is 0.913. The highest BCUT2D eigenvalue weighted by atomic mass is 32.2. The standard InChI is InChI=1S/C11H20N2O2S2/c1-11(2,3)8-13(4)17(14,15)10-6-5-9(7-12)16-10/h5-6H,7-8,12H2,1-4H3. The van der Waals surface area contributed by atoms with Gasteiger partial charge in [-0.2, -0.15) is 4.31 Å². The molecule has 0 aromatic carbocycles. The van der Waals surface area contributed by atoms with Gasteiger partial charge in [-0.15, -0.1) is 11.3 Å². The summed E-state index contributed by atoms with van der Waals surface area (Å²) in [5.74, 6) is 0. The summed E-state index contributed by atoms with van der Waals surface area (Å²) < 4.78 is 26.2. The molecule has 4 nitrogen and oxygen atoms in total. The van der Waals surface area contributed by atoms with Crippen molar-refractivity contribution >= 4 is 21.4 Å². The molecule has 17 heavy (non-hydrogen) atoms. The van der Waals surface area contributed by atoms with E-state index in [2.05, 4.69) is 0 Å². The first-order chi connectivity index (χ1) is 7.66. The molecule has 0 spiro atoms. The first-order valence-corrected chi connectivity index (χ1v) is 7.67. The third kappa shape index (κ3) is 3.77. The van der Waals surface area contributed by atoms with Crippen LogP contribution >= 0.6 is 11.3 Å². The number of nitrogens with two attached hydrogens (primary N) is 1. The van der Waals surface area contributed by atoms with E-state index in [9.17, 15) is 8.42 Å². The van der Waals surface area contributed by atoms with Gasteiger partial charge < -0.3 is 5.73 Å².